The Kier molecular flexibility index (Phi) is 4.75. The number of rotatable bonds is 1. The van der Waals surface area contributed by atoms with E-state index in [1.165, 1.54) is 7.11 Å². The summed E-state index contributed by atoms with van der Waals surface area (Å²) < 4.78 is 5.74. The molecule has 4 heteroatoms. The fourth-order valence-corrected chi connectivity index (χ4v) is 0.992. The van der Waals surface area contributed by atoms with Crippen LogP contribution in [0.25, 0.3) is 0 Å². The van der Waals surface area contributed by atoms with Crippen LogP contribution < -0.4 is 4.74 Å². The molecule has 0 saturated carbocycles. The minimum atomic E-state index is 0. The molecule has 0 aliphatic carbocycles. The Labute approximate surface area is 87.4 Å². The van der Waals surface area contributed by atoms with Gasteiger partial charge in [0.1, 0.15) is 0 Å². The molecular weight excluding hydrogens is 302 g/mol. The third kappa shape index (κ3) is 2.82. The number of hydrogen-bond acceptors (Lipinski definition) is 2. The van der Waals surface area contributed by atoms with E-state index in [0.717, 1.165) is 4.47 Å². The predicted octanol–water partition coefficient (Wildman–Crippen LogP) is 2.16. The van der Waals surface area contributed by atoms with E-state index in [-0.39, 0.29) is 26.2 Å². The van der Waals surface area contributed by atoms with Crippen LogP contribution in [0.4, 0.5) is 0 Å². The first kappa shape index (κ1) is 11.0. The molecule has 0 radical (unpaired) electrons. The molecule has 1 aromatic rings. The number of benzene rings is 1. The summed E-state index contributed by atoms with van der Waals surface area (Å²) in [6.07, 6.45) is 0. The molecule has 0 heterocycles. The zero-order chi connectivity index (χ0) is 7.56. The first-order chi connectivity index (χ1) is 4.74. The van der Waals surface area contributed by atoms with Crippen LogP contribution >= 0.6 is 15.9 Å². The van der Waals surface area contributed by atoms with E-state index in [2.05, 4.69) is 15.9 Å². The monoisotopic (exact) mass is 308 g/mol. The molecule has 0 spiro atoms. The summed E-state index contributed by atoms with van der Waals surface area (Å²) in [4.78, 5) is 0. The van der Waals surface area contributed by atoms with Crippen LogP contribution in [-0.2, 0) is 20.4 Å². The first-order valence-electron chi connectivity index (χ1n) is 2.76. The summed E-state index contributed by atoms with van der Waals surface area (Å²) >= 11 is 3.25. The average Bonchev–Trinajstić information content (AvgIpc) is 1.94. The number of hydrogen-bond donors (Lipinski definition) is 1. The Morgan fingerprint density at radius 3 is 2.55 bits per heavy atom. The third-order valence-corrected chi connectivity index (χ3v) is 1.64. The SMILES string of the molecule is COc1cc(Br)ccc1O.[Pd]. The number of phenols is 1. The molecule has 1 N–H and O–H groups in total. The van der Waals surface area contributed by atoms with Gasteiger partial charge in [-0.25, -0.2) is 0 Å². The number of methoxy groups -OCH3 is 1. The van der Waals surface area contributed by atoms with E-state index in [1.54, 1.807) is 18.2 Å². The molecule has 0 amide bonds. The van der Waals surface area contributed by atoms with Gasteiger partial charge in [-0.1, -0.05) is 15.9 Å². The van der Waals surface area contributed by atoms with Gasteiger partial charge >= 0.3 is 0 Å². The Morgan fingerprint density at radius 2 is 2.09 bits per heavy atom. The van der Waals surface area contributed by atoms with Crippen LogP contribution in [0.15, 0.2) is 22.7 Å². The summed E-state index contributed by atoms with van der Waals surface area (Å²) in [7, 11) is 1.52. The Bertz CT molecular complexity index is 240. The maximum atomic E-state index is 9.09. The van der Waals surface area contributed by atoms with Crippen molar-refractivity contribution in [3.05, 3.63) is 22.7 Å². The topological polar surface area (TPSA) is 29.5 Å². The molecule has 0 fully saturated rings. The Hall–Kier alpha value is -0.0377. The molecule has 1 rings (SSSR count). The normalized spacial score (nSPS) is 8.55. The molecule has 2 nitrogen and oxygen atoms in total. The molecular formula is C7H7BrO2Pd. The van der Waals surface area contributed by atoms with Crippen molar-refractivity contribution in [1.29, 1.82) is 0 Å². The van der Waals surface area contributed by atoms with Gasteiger partial charge in [0.15, 0.2) is 11.5 Å². The van der Waals surface area contributed by atoms with Gasteiger partial charge in [-0.15, -0.1) is 0 Å². The van der Waals surface area contributed by atoms with Crippen molar-refractivity contribution in [2.75, 3.05) is 7.11 Å². The van der Waals surface area contributed by atoms with Crippen molar-refractivity contribution in [2.24, 2.45) is 0 Å². The van der Waals surface area contributed by atoms with Gasteiger partial charge in [-0.2, -0.15) is 0 Å². The van der Waals surface area contributed by atoms with Gasteiger partial charge in [0.05, 0.1) is 7.11 Å². The first-order valence-corrected chi connectivity index (χ1v) is 3.56. The van der Waals surface area contributed by atoms with Gasteiger partial charge in [-0.3, -0.25) is 0 Å². The summed E-state index contributed by atoms with van der Waals surface area (Å²) in [5.74, 6) is 0.639. The average molecular weight is 309 g/mol. The van der Waals surface area contributed by atoms with Crippen molar-refractivity contribution in [1.82, 2.24) is 0 Å². The fraction of sp³-hybridized carbons (Fsp3) is 0.143. The Morgan fingerprint density at radius 1 is 1.45 bits per heavy atom. The smallest absolute Gasteiger partial charge is 0.161 e. The molecule has 0 aromatic heterocycles. The van der Waals surface area contributed by atoms with Crippen molar-refractivity contribution < 1.29 is 30.3 Å². The minimum absolute atomic E-state index is 0. The maximum absolute atomic E-state index is 9.09. The van der Waals surface area contributed by atoms with E-state index in [4.69, 9.17) is 9.84 Å². The van der Waals surface area contributed by atoms with Crippen molar-refractivity contribution in [2.45, 2.75) is 0 Å². The van der Waals surface area contributed by atoms with E-state index in [9.17, 15) is 0 Å². The molecule has 0 atom stereocenters. The summed E-state index contributed by atoms with van der Waals surface area (Å²) in [5, 5.41) is 9.09. The van der Waals surface area contributed by atoms with Gasteiger partial charge < -0.3 is 9.84 Å². The van der Waals surface area contributed by atoms with Crippen LogP contribution in [0, 0.1) is 0 Å². The molecule has 0 aliphatic rings. The molecule has 11 heavy (non-hydrogen) atoms. The maximum Gasteiger partial charge on any atom is 0.161 e. The van der Waals surface area contributed by atoms with E-state index >= 15 is 0 Å². The number of halogens is 1. The van der Waals surface area contributed by atoms with Gasteiger partial charge in [-0.05, 0) is 18.2 Å². The second-order valence-corrected chi connectivity index (χ2v) is 2.73. The van der Waals surface area contributed by atoms with Crippen molar-refractivity contribution >= 4 is 15.9 Å². The zero-order valence-electron chi connectivity index (χ0n) is 5.78. The van der Waals surface area contributed by atoms with Gasteiger partial charge in [0.25, 0.3) is 0 Å². The van der Waals surface area contributed by atoms with Gasteiger partial charge in [0, 0.05) is 24.9 Å². The van der Waals surface area contributed by atoms with E-state index in [1.807, 2.05) is 0 Å². The minimum Gasteiger partial charge on any atom is -0.504 e. The predicted molar refractivity (Wildman–Crippen MR) is 42.4 cm³/mol. The summed E-state index contributed by atoms with van der Waals surface area (Å²) in [6.45, 7) is 0. The Balaban J connectivity index is 0.000001000. The van der Waals surface area contributed by atoms with Crippen molar-refractivity contribution in [3.63, 3.8) is 0 Å². The van der Waals surface area contributed by atoms with Crippen molar-refractivity contribution in [3.8, 4) is 11.5 Å². The third-order valence-electron chi connectivity index (χ3n) is 1.14. The number of aromatic hydroxyl groups is 1. The number of phenolic OH excluding ortho intramolecular Hbond substituents is 1. The van der Waals surface area contributed by atoms with Crippen LogP contribution in [-0.4, -0.2) is 12.2 Å². The van der Waals surface area contributed by atoms with Crippen LogP contribution in [0.3, 0.4) is 0 Å². The molecule has 0 aliphatic heterocycles. The van der Waals surface area contributed by atoms with E-state index < -0.39 is 0 Å². The largest absolute Gasteiger partial charge is 0.504 e. The summed E-state index contributed by atoms with van der Waals surface area (Å²) in [6, 6.07) is 5.02. The van der Waals surface area contributed by atoms with Crippen LogP contribution in [0.5, 0.6) is 11.5 Å². The molecule has 1 aromatic carbocycles. The number of ether oxygens (including phenoxy) is 1. The second-order valence-electron chi connectivity index (χ2n) is 1.82. The molecule has 64 valence electrons. The fourth-order valence-electron chi connectivity index (χ4n) is 0.651. The standard InChI is InChI=1S/C7H7BrO2.Pd/c1-10-7-4-5(8)2-3-6(7)9;/h2-4,9H,1H3;. The summed E-state index contributed by atoms with van der Waals surface area (Å²) in [5.41, 5.74) is 0. The quantitative estimate of drug-likeness (QED) is 0.806. The van der Waals surface area contributed by atoms with Crippen LogP contribution in [0.2, 0.25) is 0 Å². The van der Waals surface area contributed by atoms with E-state index in [0.29, 0.717) is 5.75 Å². The molecule has 0 unspecified atom stereocenters. The van der Waals surface area contributed by atoms with Crippen LogP contribution in [0.1, 0.15) is 0 Å². The van der Waals surface area contributed by atoms with Gasteiger partial charge in [0.2, 0.25) is 0 Å². The second kappa shape index (κ2) is 4.76. The molecule has 0 bridgehead atoms. The molecule has 0 saturated heterocycles. The zero-order valence-corrected chi connectivity index (χ0v) is 8.92.